The zero-order chi connectivity index (χ0) is 34.0. The normalized spacial score (nSPS) is 20.7. The summed E-state index contributed by atoms with van der Waals surface area (Å²) >= 11 is 0. The predicted molar refractivity (Wildman–Crippen MR) is 175 cm³/mol. The number of nitrogens with one attached hydrogen (secondary N) is 4. The van der Waals surface area contributed by atoms with Gasteiger partial charge in [0.2, 0.25) is 23.5 Å². The Balaban J connectivity index is 1.69. The molecule has 3 fully saturated rings. The molecule has 3 rings (SSSR count). The van der Waals surface area contributed by atoms with Crippen LogP contribution in [0.3, 0.4) is 0 Å². The van der Waals surface area contributed by atoms with Crippen molar-refractivity contribution < 1.29 is 28.8 Å². The topological polar surface area (TPSA) is 157 Å². The van der Waals surface area contributed by atoms with E-state index in [2.05, 4.69) is 27.8 Å². The van der Waals surface area contributed by atoms with E-state index in [4.69, 9.17) is 0 Å². The summed E-state index contributed by atoms with van der Waals surface area (Å²) in [5, 5.41) is 11.2. The summed E-state index contributed by atoms with van der Waals surface area (Å²) in [6.45, 7) is 14.6. The number of hydrogen-bond donors (Lipinski definition) is 4. The maximum Gasteiger partial charge on any atom is 0.315 e. The van der Waals surface area contributed by atoms with Crippen LogP contribution in [0.4, 0.5) is 4.79 Å². The highest BCUT2D eigenvalue weighted by molar-refractivity contribution is 6.38. The van der Waals surface area contributed by atoms with Gasteiger partial charge in [-0.05, 0) is 55.8 Å². The molecular weight excluding hydrogens is 588 g/mol. The van der Waals surface area contributed by atoms with Gasteiger partial charge in [0.15, 0.2) is 0 Å². The van der Waals surface area contributed by atoms with Gasteiger partial charge >= 0.3 is 6.03 Å². The van der Waals surface area contributed by atoms with Crippen molar-refractivity contribution in [3.8, 4) is 0 Å². The van der Waals surface area contributed by atoms with Crippen LogP contribution < -0.4 is 21.3 Å². The van der Waals surface area contributed by atoms with E-state index in [0.717, 1.165) is 38.5 Å². The molecule has 0 aromatic carbocycles. The van der Waals surface area contributed by atoms with Gasteiger partial charge in [-0.1, -0.05) is 60.0 Å². The van der Waals surface area contributed by atoms with Crippen molar-refractivity contribution in [1.82, 2.24) is 31.1 Å². The lowest BCUT2D eigenvalue weighted by atomic mass is 9.81. The first kappa shape index (κ1) is 37.0. The van der Waals surface area contributed by atoms with Crippen molar-refractivity contribution in [1.29, 1.82) is 0 Å². The van der Waals surface area contributed by atoms with Crippen LogP contribution in [-0.4, -0.2) is 95.6 Å². The van der Waals surface area contributed by atoms with Crippen molar-refractivity contribution in [3.05, 3.63) is 12.7 Å². The Labute approximate surface area is 274 Å². The Hall–Kier alpha value is -3.44. The molecule has 0 aromatic rings. The number of likely N-dealkylation sites (tertiary alicyclic amines) is 2. The summed E-state index contributed by atoms with van der Waals surface area (Å²) in [5.41, 5.74) is -0.682. The Morgan fingerprint density at radius 3 is 2.26 bits per heavy atom. The molecule has 4 N–H and O–H groups in total. The molecule has 1 saturated carbocycles. The average Bonchev–Trinajstić information content (AvgIpc) is 3.47. The van der Waals surface area contributed by atoms with Crippen LogP contribution in [0.5, 0.6) is 0 Å². The van der Waals surface area contributed by atoms with Crippen LogP contribution in [0.25, 0.3) is 0 Å². The minimum absolute atomic E-state index is 0.0507. The van der Waals surface area contributed by atoms with E-state index in [-0.39, 0.29) is 30.3 Å². The molecule has 4 atom stereocenters. The molecule has 3 aliphatic rings. The second-order valence-corrected chi connectivity index (χ2v) is 14.6. The number of urea groups is 1. The van der Waals surface area contributed by atoms with Crippen molar-refractivity contribution in [2.45, 2.75) is 123 Å². The minimum Gasteiger partial charge on any atom is -0.346 e. The van der Waals surface area contributed by atoms with Gasteiger partial charge in [-0.2, -0.15) is 0 Å². The number of piperidine rings is 1. The minimum atomic E-state index is -0.988. The monoisotopic (exact) mass is 644 g/mol. The molecule has 258 valence electrons. The van der Waals surface area contributed by atoms with Gasteiger partial charge in [0.1, 0.15) is 12.1 Å². The summed E-state index contributed by atoms with van der Waals surface area (Å²) < 4.78 is 0. The maximum atomic E-state index is 14.0. The van der Waals surface area contributed by atoms with Crippen LogP contribution in [0, 0.1) is 17.3 Å². The highest BCUT2D eigenvalue weighted by Gasteiger charge is 2.43. The zero-order valence-electron chi connectivity index (χ0n) is 28.5. The molecule has 2 saturated heterocycles. The number of nitrogens with zero attached hydrogens (tertiary/aromatic N) is 2. The summed E-state index contributed by atoms with van der Waals surface area (Å²) in [4.78, 5) is 82.3. The Kier molecular flexibility index (Phi) is 13.6. The van der Waals surface area contributed by atoms with E-state index < -0.39 is 47.2 Å². The highest BCUT2D eigenvalue weighted by atomic mass is 16.2. The van der Waals surface area contributed by atoms with Gasteiger partial charge in [0.25, 0.3) is 5.91 Å². The molecule has 0 bridgehead atoms. The third kappa shape index (κ3) is 10.3. The van der Waals surface area contributed by atoms with Gasteiger partial charge in [-0.15, -0.1) is 6.58 Å². The Morgan fingerprint density at radius 1 is 0.957 bits per heavy atom. The first-order valence-corrected chi connectivity index (χ1v) is 17.1. The van der Waals surface area contributed by atoms with Gasteiger partial charge in [0.05, 0.1) is 12.1 Å². The molecule has 2 aliphatic heterocycles. The Morgan fingerprint density at radius 2 is 1.67 bits per heavy atom. The lowest BCUT2D eigenvalue weighted by Crippen LogP contribution is -2.61. The number of carbonyl (C=O) groups is 6. The first-order valence-electron chi connectivity index (χ1n) is 17.1. The largest absolute Gasteiger partial charge is 0.346 e. The smallest absolute Gasteiger partial charge is 0.315 e. The fraction of sp³-hybridized carbons (Fsp3) is 0.765. The summed E-state index contributed by atoms with van der Waals surface area (Å²) in [6.07, 6.45) is 9.18. The van der Waals surface area contributed by atoms with E-state index >= 15 is 0 Å². The standard InChI is InChI=1S/C34H56N6O6/c1-7-18-35-31(44)28(42)24(17-16-23-12-10-13-23)36-30(43)26-14-11-20-40(26)32(45)29(34(4,5)6)38-33(46)37-25(22(2)3)21-39-19-9-8-15-27(39)41/h7,22-26,29H,1,8-21H2,2-6H3,(H,35,44)(H,36,43)(H2,37,38,46)/t24?,25-,26+,29-/m1/s1. The number of hydrogen-bond acceptors (Lipinski definition) is 6. The van der Waals surface area contributed by atoms with E-state index in [0.29, 0.717) is 51.2 Å². The van der Waals surface area contributed by atoms with Crippen LogP contribution in [0.15, 0.2) is 12.7 Å². The van der Waals surface area contributed by atoms with Crippen molar-refractivity contribution >= 4 is 35.4 Å². The molecule has 0 aromatic heterocycles. The third-order valence-electron chi connectivity index (χ3n) is 9.54. The first-order chi connectivity index (χ1) is 21.7. The van der Waals surface area contributed by atoms with E-state index in [1.165, 1.54) is 11.0 Å². The Bertz CT molecular complexity index is 1130. The number of rotatable bonds is 15. The maximum absolute atomic E-state index is 14.0. The van der Waals surface area contributed by atoms with Crippen molar-refractivity contribution in [3.63, 3.8) is 0 Å². The van der Waals surface area contributed by atoms with E-state index in [1.54, 1.807) is 4.90 Å². The fourth-order valence-electron chi connectivity index (χ4n) is 6.30. The van der Waals surface area contributed by atoms with Crippen LogP contribution in [0.1, 0.15) is 98.8 Å². The molecule has 46 heavy (non-hydrogen) atoms. The number of Topliss-reactive ketones (excluding diaryl/α,β-unsaturated/α-hetero) is 1. The van der Waals surface area contributed by atoms with Crippen LogP contribution in [0.2, 0.25) is 0 Å². The van der Waals surface area contributed by atoms with E-state index in [1.807, 2.05) is 34.6 Å². The number of ketones is 1. The molecule has 6 amide bonds. The van der Waals surface area contributed by atoms with Crippen molar-refractivity contribution in [2.75, 3.05) is 26.2 Å². The highest BCUT2D eigenvalue weighted by Crippen LogP contribution is 2.31. The summed E-state index contributed by atoms with van der Waals surface area (Å²) in [6, 6.07) is -3.57. The molecule has 1 unspecified atom stereocenters. The lowest BCUT2D eigenvalue weighted by molar-refractivity contribution is -0.143. The van der Waals surface area contributed by atoms with Gasteiger partial charge in [0, 0.05) is 32.6 Å². The quantitative estimate of drug-likeness (QED) is 0.159. The zero-order valence-corrected chi connectivity index (χ0v) is 28.5. The predicted octanol–water partition coefficient (Wildman–Crippen LogP) is 2.66. The third-order valence-corrected chi connectivity index (χ3v) is 9.54. The molecule has 12 nitrogen and oxygen atoms in total. The van der Waals surface area contributed by atoms with Crippen LogP contribution >= 0.6 is 0 Å². The van der Waals surface area contributed by atoms with Crippen LogP contribution in [-0.2, 0) is 24.0 Å². The SMILES string of the molecule is C=CCNC(=O)C(=O)C(CCC1CCC1)NC(=O)[C@@H]1CCCN1C(=O)[C@@H](NC(=O)N[C@H](CN1CCCCC1=O)C(C)C)C(C)(C)C. The lowest BCUT2D eigenvalue weighted by Gasteiger charge is -2.37. The second-order valence-electron chi connectivity index (χ2n) is 14.6. The molecular formula is C34H56N6O6. The molecule has 1 aliphatic carbocycles. The molecule has 0 spiro atoms. The van der Waals surface area contributed by atoms with E-state index in [9.17, 15) is 28.8 Å². The van der Waals surface area contributed by atoms with Gasteiger partial charge in [-0.3, -0.25) is 24.0 Å². The number of carbonyl (C=O) groups excluding carboxylic acids is 6. The average molecular weight is 645 g/mol. The fourth-order valence-corrected chi connectivity index (χ4v) is 6.30. The summed E-state index contributed by atoms with van der Waals surface area (Å²) in [7, 11) is 0. The second kappa shape index (κ2) is 16.9. The molecule has 0 radical (unpaired) electrons. The van der Waals surface area contributed by atoms with Gasteiger partial charge in [-0.25, -0.2) is 4.79 Å². The molecule has 12 heteroatoms. The van der Waals surface area contributed by atoms with Crippen molar-refractivity contribution in [2.24, 2.45) is 17.3 Å². The number of amides is 6. The molecule has 2 heterocycles. The van der Waals surface area contributed by atoms with Gasteiger partial charge < -0.3 is 31.1 Å². The summed E-state index contributed by atoms with van der Waals surface area (Å²) in [5.74, 6) is -1.72.